The quantitative estimate of drug-likeness (QED) is 0.153. The Kier molecular flexibility index (Phi) is 12.0. The number of carboxylic acids is 1. The predicted molar refractivity (Wildman–Crippen MR) is 158 cm³/mol. The highest BCUT2D eigenvalue weighted by molar-refractivity contribution is 5.97. The van der Waals surface area contributed by atoms with Crippen molar-refractivity contribution in [1.29, 1.82) is 0 Å². The SMILES string of the molecule is CN(C)c1ccc(CNC(=O)NCCOc2ccc(C(=O)NC[C@H](NC(=O)OCc3ccccc3)C(=O)O)c(O)c2)cc1. The summed E-state index contributed by atoms with van der Waals surface area (Å²) in [5, 5.41) is 29.7. The smallest absolute Gasteiger partial charge is 0.408 e. The molecular formula is C30H35N5O8. The maximum atomic E-state index is 12.5. The second kappa shape index (κ2) is 16.1. The second-order valence-corrected chi connectivity index (χ2v) is 9.50. The lowest BCUT2D eigenvalue weighted by Crippen LogP contribution is -2.48. The fraction of sp³-hybridized carbons (Fsp3) is 0.267. The van der Waals surface area contributed by atoms with Gasteiger partial charge in [0.05, 0.1) is 12.1 Å². The number of nitrogens with one attached hydrogen (secondary N) is 4. The molecule has 0 aliphatic rings. The third-order valence-electron chi connectivity index (χ3n) is 6.05. The van der Waals surface area contributed by atoms with Crippen molar-refractivity contribution in [1.82, 2.24) is 21.3 Å². The third-order valence-corrected chi connectivity index (χ3v) is 6.05. The molecule has 3 aromatic carbocycles. The first kappa shape index (κ1) is 32.1. The van der Waals surface area contributed by atoms with Crippen LogP contribution in [0.15, 0.2) is 72.8 Å². The van der Waals surface area contributed by atoms with E-state index in [1.807, 2.05) is 43.3 Å². The molecule has 0 aliphatic heterocycles. The molecule has 3 rings (SSSR count). The molecule has 0 saturated carbocycles. The van der Waals surface area contributed by atoms with E-state index in [4.69, 9.17) is 9.47 Å². The summed E-state index contributed by atoms with van der Waals surface area (Å²) in [6.45, 7) is 0.137. The van der Waals surface area contributed by atoms with Gasteiger partial charge < -0.3 is 45.9 Å². The molecule has 13 nitrogen and oxygen atoms in total. The van der Waals surface area contributed by atoms with E-state index in [0.29, 0.717) is 6.54 Å². The number of urea groups is 1. The summed E-state index contributed by atoms with van der Waals surface area (Å²) in [7, 11) is 3.90. The van der Waals surface area contributed by atoms with E-state index in [-0.39, 0.29) is 37.1 Å². The van der Waals surface area contributed by atoms with Crippen LogP contribution >= 0.6 is 0 Å². The lowest BCUT2D eigenvalue weighted by molar-refractivity contribution is -0.139. The highest BCUT2D eigenvalue weighted by atomic mass is 16.5. The molecule has 0 unspecified atom stereocenters. The number of amides is 4. The second-order valence-electron chi connectivity index (χ2n) is 9.50. The van der Waals surface area contributed by atoms with E-state index in [9.17, 15) is 29.4 Å². The van der Waals surface area contributed by atoms with Gasteiger partial charge in [0.1, 0.15) is 30.8 Å². The first-order valence-electron chi connectivity index (χ1n) is 13.3. The van der Waals surface area contributed by atoms with Crippen molar-refractivity contribution in [3.05, 3.63) is 89.5 Å². The third kappa shape index (κ3) is 10.8. The number of aromatic hydroxyl groups is 1. The Morgan fingerprint density at radius 3 is 2.26 bits per heavy atom. The van der Waals surface area contributed by atoms with Crippen LogP contribution in [-0.4, -0.2) is 74.0 Å². The Hall–Kier alpha value is -5.46. The summed E-state index contributed by atoms with van der Waals surface area (Å²) in [6, 6.07) is 18.8. The number of aliphatic carboxylic acids is 1. The number of ether oxygens (including phenoxy) is 2. The number of carbonyl (C=O) groups is 4. The van der Waals surface area contributed by atoms with Crippen LogP contribution in [0.3, 0.4) is 0 Å². The highest BCUT2D eigenvalue weighted by Gasteiger charge is 2.22. The van der Waals surface area contributed by atoms with Gasteiger partial charge in [0.2, 0.25) is 0 Å². The Labute approximate surface area is 248 Å². The van der Waals surface area contributed by atoms with Crippen LogP contribution in [0.25, 0.3) is 0 Å². The average Bonchev–Trinajstić information content (AvgIpc) is 2.99. The Bertz CT molecular complexity index is 1380. The van der Waals surface area contributed by atoms with Gasteiger partial charge in [-0.05, 0) is 35.4 Å². The molecule has 0 saturated heterocycles. The van der Waals surface area contributed by atoms with Crippen molar-refractivity contribution in [2.24, 2.45) is 0 Å². The van der Waals surface area contributed by atoms with Gasteiger partial charge >= 0.3 is 18.1 Å². The molecule has 13 heteroatoms. The van der Waals surface area contributed by atoms with Gasteiger partial charge in [-0.25, -0.2) is 14.4 Å². The topological polar surface area (TPSA) is 179 Å². The van der Waals surface area contributed by atoms with Crippen LogP contribution in [-0.2, 0) is 22.7 Å². The van der Waals surface area contributed by atoms with Gasteiger partial charge in [0.15, 0.2) is 0 Å². The lowest BCUT2D eigenvalue weighted by atomic mass is 10.1. The van der Waals surface area contributed by atoms with Crippen LogP contribution < -0.4 is 30.9 Å². The summed E-state index contributed by atoms with van der Waals surface area (Å²) < 4.78 is 10.5. The lowest BCUT2D eigenvalue weighted by Gasteiger charge is -2.16. The van der Waals surface area contributed by atoms with Crippen molar-refractivity contribution in [2.75, 3.05) is 38.7 Å². The number of hydrogen-bond donors (Lipinski definition) is 6. The number of hydrogen-bond acceptors (Lipinski definition) is 8. The highest BCUT2D eigenvalue weighted by Crippen LogP contribution is 2.23. The number of nitrogens with zero attached hydrogens (tertiary/aromatic N) is 1. The molecule has 6 N–H and O–H groups in total. The van der Waals surface area contributed by atoms with Crippen molar-refractivity contribution in [3.63, 3.8) is 0 Å². The van der Waals surface area contributed by atoms with Crippen LogP contribution in [0.5, 0.6) is 11.5 Å². The standard InChI is InChI=1S/C30H35N5O8/c1-35(2)22-10-8-20(9-11-22)17-33-29(40)31-14-15-42-23-12-13-24(26(36)16-23)27(37)32-18-25(28(38)39)34-30(41)43-19-21-6-4-3-5-7-21/h3-13,16,25,36H,14-15,17-19H2,1-2H3,(H,32,37)(H,34,41)(H,38,39)(H2,31,33,40)/t25-/m0/s1. The number of anilines is 1. The molecule has 0 spiro atoms. The minimum absolute atomic E-state index is 0.0523. The van der Waals surface area contributed by atoms with Gasteiger partial charge in [-0.3, -0.25) is 4.79 Å². The Balaban J connectivity index is 1.38. The zero-order valence-corrected chi connectivity index (χ0v) is 23.8. The summed E-state index contributed by atoms with van der Waals surface area (Å²) in [5.74, 6) is -2.29. The molecule has 0 heterocycles. The number of phenolic OH excluding ortho intramolecular Hbond substituents is 1. The average molecular weight is 594 g/mol. The number of carboxylic acid groups (broad SMARTS) is 1. The first-order valence-corrected chi connectivity index (χ1v) is 13.3. The van der Waals surface area contributed by atoms with Crippen molar-refractivity contribution in [3.8, 4) is 11.5 Å². The minimum Gasteiger partial charge on any atom is -0.507 e. The van der Waals surface area contributed by atoms with Crippen molar-refractivity contribution >= 4 is 29.7 Å². The molecule has 0 bridgehead atoms. The fourth-order valence-corrected chi connectivity index (χ4v) is 3.68. The fourth-order valence-electron chi connectivity index (χ4n) is 3.68. The molecule has 43 heavy (non-hydrogen) atoms. The molecule has 0 radical (unpaired) electrons. The zero-order valence-electron chi connectivity index (χ0n) is 23.8. The van der Waals surface area contributed by atoms with E-state index in [1.165, 1.54) is 18.2 Å². The van der Waals surface area contributed by atoms with E-state index in [0.717, 1.165) is 16.8 Å². The number of alkyl carbamates (subject to hydrolysis) is 1. The summed E-state index contributed by atoms with van der Waals surface area (Å²) in [6.07, 6.45) is -0.961. The largest absolute Gasteiger partial charge is 0.507 e. The Morgan fingerprint density at radius 1 is 0.884 bits per heavy atom. The van der Waals surface area contributed by atoms with E-state index >= 15 is 0 Å². The van der Waals surface area contributed by atoms with Crippen LogP contribution in [0.4, 0.5) is 15.3 Å². The molecule has 0 aliphatic carbocycles. The minimum atomic E-state index is -1.47. The first-order chi connectivity index (χ1) is 20.6. The monoisotopic (exact) mass is 593 g/mol. The van der Waals surface area contributed by atoms with Gasteiger partial charge in [-0.15, -0.1) is 0 Å². The number of phenols is 1. The van der Waals surface area contributed by atoms with Gasteiger partial charge in [-0.1, -0.05) is 42.5 Å². The molecular weight excluding hydrogens is 558 g/mol. The number of carbonyl (C=O) groups excluding carboxylic acids is 3. The normalized spacial score (nSPS) is 11.0. The van der Waals surface area contributed by atoms with E-state index in [2.05, 4.69) is 21.3 Å². The summed E-state index contributed by atoms with van der Waals surface area (Å²) in [5.41, 5.74) is 2.61. The van der Waals surface area contributed by atoms with Crippen LogP contribution in [0, 0.1) is 0 Å². The van der Waals surface area contributed by atoms with Crippen molar-refractivity contribution in [2.45, 2.75) is 19.2 Å². The van der Waals surface area contributed by atoms with Crippen molar-refractivity contribution < 1.29 is 38.9 Å². The van der Waals surface area contributed by atoms with E-state index < -0.39 is 36.3 Å². The molecule has 228 valence electrons. The number of benzene rings is 3. The maximum Gasteiger partial charge on any atom is 0.408 e. The Morgan fingerprint density at radius 2 is 1.60 bits per heavy atom. The maximum absolute atomic E-state index is 12.5. The molecule has 0 aromatic heterocycles. The van der Waals surface area contributed by atoms with Crippen LogP contribution in [0.2, 0.25) is 0 Å². The van der Waals surface area contributed by atoms with Gasteiger partial charge in [0.25, 0.3) is 5.91 Å². The van der Waals surface area contributed by atoms with Gasteiger partial charge in [-0.2, -0.15) is 0 Å². The summed E-state index contributed by atoms with van der Waals surface area (Å²) in [4.78, 5) is 50.1. The molecule has 1 atom stereocenters. The molecule has 4 amide bonds. The van der Waals surface area contributed by atoms with Gasteiger partial charge in [0, 0.05) is 38.9 Å². The molecule has 3 aromatic rings. The summed E-state index contributed by atoms with van der Waals surface area (Å²) >= 11 is 0. The number of rotatable bonds is 14. The predicted octanol–water partition coefficient (Wildman–Crippen LogP) is 2.45. The zero-order chi connectivity index (χ0) is 31.2. The van der Waals surface area contributed by atoms with Crippen LogP contribution in [0.1, 0.15) is 21.5 Å². The molecule has 0 fully saturated rings. The van der Waals surface area contributed by atoms with E-state index in [1.54, 1.807) is 30.3 Å².